The number of amides is 1. The lowest BCUT2D eigenvalue weighted by Gasteiger charge is -2.27. The highest BCUT2D eigenvalue weighted by atomic mass is 16.1. The van der Waals surface area contributed by atoms with Crippen LogP contribution in [0.15, 0.2) is 0 Å². The van der Waals surface area contributed by atoms with Crippen LogP contribution in [-0.4, -0.2) is 49.6 Å². The average molecular weight is 225 g/mol. The van der Waals surface area contributed by atoms with E-state index < -0.39 is 0 Å². The number of nitrogens with one attached hydrogen (secondary N) is 2. The van der Waals surface area contributed by atoms with Crippen LogP contribution >= 0.6 is 0 Å². The molecular weight excluding hydrogens is 202 g/mol. The van der Waals surface area contributed by atoms with Gasteiger partial charge in [0.25, 0.3) is 0 Å². The van der Waals surface area contributed by atoms with Crippen molar-refractivity contribution in [2.75, 3.05) is 32.7 Å². The number of nitrogens with zero attached hydrogens (tertiary/aromatic N) is 1. The lowest BCUT2D eigenvalue weighted by molar-refractivity contribution is -0.123. The molecule has 0 saturated carbocycles. The van der Waals surface area contributed by atoms with Crippen molar-refractivity contribution in [3.8, 4) is 0 Å². The van der Waals surface area contributed by atoms with Crippen LogP contribution in [0.2, 0.25) is 0 Å². The van der Waals surface area contributed by atoms with Crippen molar-refractivity contribution in [2.45, 2.75) is 32.2 Å². The summed E-state index contributed by atoms with van der Waals surface area (Å²) in [6.07, 6.45) is 3.32. The van der Waals surface area contributed by atoms with Crippen molar-refractivity contribution in [1.29, 1.82) is 0 Å². The molecule has 92 valence electrons. The van der Waals surface area contributed by atoms with Crippen molar-refractivity contribution in [3.63, 3.8) is 0 Å². The summed E-state index contributed by atoms with van der Waals surface area (Å²) in [5.74, 6) is 0.789. The van der Waals surface area contributed by atoms with Crippen LogP contribution in [0.4, 0.5) is 0 Å². The van der Waals surface area contributed by atoms with Gasteiger partial charge in [-0.25, -0.2) is 0 Å². The summed E-state index contributed by atoms with van der Waals surface area (Å²) >= 11 is 0. The molecule has 2 heterocycles. The third-order valence-corrected chi connectivity index (χ3v) is 3.48. The maximum atomic E-state index is 11.7. The zero-order valence-electron chi connectivity index (χ0n) is 10.2. The summed E-state index contributed by atoms with van der Waals surface area (Å²) in [5, 5.41) is 6.29. The number of likely N-dealkylation sites (tertiary alicyclic amines) is 1. The first kappa shape index (κ1) is 11.9. The van der Waals surface area contributed by atoms with Gasteiger partial charge in [0.1, 0.15) is 0 Å². The third-order valence-electron chi connectivity index (χ3n) is 3.48. The molecule has 0 radical (unpaired) electrons. The van der Waals surface area contributed by atoms with Gasteiger partial charge in [-0.3, -0.25) is 4.79 Å². The van der Waals surface area contributed by atoms with E-state index in [1.54, 1.807) is 0 Å². The molecule has 0 aromatic carbocycles. The van der Waals surface area contributed by atoms with E-state index in [2.05, 4.69) is 22.5 Å². The topological polar surface area (TPSA) is 44.4 Å². The maximum Gasteiger partial charge on any atom is 0.220 e. The minimum absolute atomic E-state index is 0.221. The predicted molar refractivity (Wildman–Crippen MR) is 64.3 cm³/mol. The van der Waals surface area contributed by atoms with Crippen LogP contribution in [0.25, 0.3) is 0 Å². The number of hydrogen-bond donors (Lipinski definition) is 2. The van der Waals surface area contributed by atoms with Crippen LogP contribution in [0.5, 0.6) is 0 Å². The smallest absolute Gasteiger partial charge is 0.220 e. The Morgan fingerprint density at radius 3 is 2.69 bits per heavy atom. The summed E-state index contributed by atoms with van der Waals surface area (Å²) < 4.78 is 0. The summed E-state index contributed by atoms with van der Waals surface area (Å²) in [6.45, 7) is 7.53. The van der Waals surface area contributed by atoms with Gasteiger partial charge in [0, 0.05) is 19.0 Å². The minimum atomic E-state index is 0.221. The van der Waals surface area contributed by atoms with Crippen LogP contribution < -0.4 is 10.6 Å². The Hall–Kier alpha value is -0.610. The second-order valence-electron chi connectivity index (χ2n) is 5.20. The first-order valence-electron chi connectivity index (χ1n) is 6.46. The Balaban J connectivity index is 1.61. The molecule has 2 aliphatic heterocycles. The predicted octanol–water partition coefficient (Wildman–Crippen LogP) is 0.196. The monoisotopic (exact) mass is 225 g/mol. The van der Waals surface area contributed by atoms with E-state index in [4.69, 9.17) is 0 Å². The van der Waals surface area contributed by atoms with E-state index in [9.17, 15) is 4.79 Å². The molecule has 0 aliphatic carbocycles. The molecule has 2 saturated heterocycles. The van der Waals surface area contributed by atoms with Gasteiger partial charge in [-0.2, -0.15) is 0 Å². The van der Waals surface area contributed by atoms with Gasteiger partial charge >= 0.3 is 0 Å². The minimum Gasteiger partial charge on any atom is -0.352 e. The molecule has 2 rings (SSSR count). The number of carbonyl (C=O) groups excluding carboxylic acids is 1. The molecule has 16 heavy (non-hydrogen) atoms. The Morgan fingerprint density at radius 1 is 1.44 bits per heavy atom. The normalized spacial score (nSPS) is 24.1. The molecule has 1 atom stereocenters. The van der Waals surface area contributed by atoms with Gasteiger partial charge in [-0.05, 0) is 51.9 Å². The van der Waals surface area contributed by atoms with Gasteiger partial charge in [0.15, 0.2) is 0 Å². The SMILES string of the molecule is CC(CN1CCCC1)NC(=O)CC1CNC1. The zero-order chi connectivity index (χ0) is 11.4. The second-order valence-corrected chi connectivity index (χ2v) is 5.20. The molecule has 2 aliphatic rings. The highest BCUT2D eigenvalue weighted by Gasteiger charge is 2.21. The molecule has 1 amide bonds. The van der Waals surface area contributed by atoms with Crippen molar-refractivity contribution in [1.82, 2.24) is 15.5 Å². The molecule has 0 spiro atoms. The maximum absolute atomic E-state index is 11.7. The van der Waals surface area contributed by atoms with Crippen molar-refractivity contribution < 1.29 is 4.79 Å². The first-order chi connectivity index (χ1) is 7.74. The molecule has 2 fully saturated rings. The van der Waals surface area contributed by atoms with E-state index in [1.807, 2.05) is 0 Å². The molecule has 4 nitrogen and oxygen atoms in total. The number of hydrogen-bond acceptors (Lipinski definition) is 3. The zero-order valence-corrected chi connectivity index (χ0v) is 10.2. The average Bonchev–Trinajstić information content (AvgIpc) is 2.63. The van der Waals surface area contributed by atoms with Crippen molar-refractivity contribution in [2.24, 2.45) is 5.92 Å². The quantitative estimate of drug-likeness (QED) is 0.702. The van der Waals surface area contributed by atoms with Crippen molar-refractivity contribution >= 4 is 5.91 Å². The Bertz CT molecular complexity index is 234. The van der Waals surface area contributed by atoms with E-state index >= 15 is 0 Å². The van der Waals surface area contributed by atoms with E-state index in [1.165, 1.54) is 25.9 Å². The standard InChI is InChI=1S/C12H23N3O/c1-10(9-15-4-2-3-5-15)14-12(16)6-11-7-13-8-11/h10-11,13H,2-9H2,1H3,(H,14,16). The Morgan fingerprint density at radius 2 is 2.12 bits per heavy atom. The van der Waals surface area contributed by atoms with Crippen LogP contribution in [-0.2, 0) is 4.79 Å². The Kier molecular flexibility index (Phi) is 4.18. The molecular formula is C12H23N3O. The Labute approximate surface area is 97.8 Å². The number of rotatable bonds is 5. The molecule has 0 aromatic rings. The lowest BCUT2D eigenvalue weighted by atomic mass is 9.99. The summed E-state index contributed by atoms with van der Waals surface area (Å²) in [4.78, 5) is 14.1. The summed E-state index contributed by atoms with van der Waals surface area (Å²) in [7, 11) is 0. The van der Waals surface area contributed by atoms with Gasteiger partial charge in [-0.15, -0.1) is 0 Å². The van der Waals surface area contributed by atoms with Crippen LogP contribution in [0.1, 0.15) is 26.2 Å². The molecule has 1 unspecified atom stereocenters. The third kappa shape index (κ3) is 3.46. The van der Waals surface area contributed by atoms with E-state index in [0.717, 1.165) is 19.6 Å². The molecule has 2 N–H and O–H groups in total. The second kappa shape index (κ2) is 5.64. The first-order valence-corrected chi connectivity index (χ1v) is 6.46. The fourth-order valence-electron chi connectivity index (χ4n) is 2.49. The lowest BCUT2D eigenvalue weighted by Crippen LogP contribution is -2.47. The largest absolute Gasteiger partial charge is 0.352 e. The van der Waals surface area contributed by atoms with Gasteiger partial charge in [0.05, 0.1) is 0 Å². The summed E-state index contributed by atoms with van der Waals surface area (Å²) in [6, 6.07) is 0.290. The fraction of sp³-hybridized carbons (Fsp3) is 0.917. The van der Waals surface area contributed by atoms with Gasteiger partial charge in [0.2, 0.25) is 5.91 Å². The van der Waals surface area contributed by atoms with Gasteiger partial charge in [-0.1, -0.05) is 0 Å². The number of carbonyl (C=O) groups is 1. The fourth-order valence-corrected chi connectivity index (χ4v) is 2.49. The molecule has 0 bridgehead atoms. The van der Waals surface area contributed by atoms with E-state index in [0.29, 0.717) is 18.4 Å². The van der Waals surface area contributed by atoms with Crippen LogP contribution in [0, 0.1) is 5.92 Å². The highest BCUT2D eigenvalue weighted by molar-refractivity contribution is 5.76. The van der Waals surface area contributed by atoms with Gasteiger partial charge < -0.3 is 15.5 Å². The van der Waals surface area contributed by atoms with E-state index in [-0.39, 0.29) is 5.91 Å². The summed E-state index contributed by atoms with van der Waals surface area (Å²) in [5.41, 5.74) is 0. The molecule has 0 aromatic heterocycles. The highest BCUT2D eigenvalue weighted by Crippen LogP contribution is 2.09. The molecule has 4 heteroatoms. The van der Waals surface area contributed by atoms with Crippen molar-refractivity contribution in [3.05, 3.63) is 0 Å². The van der Waals surface area contributed by atoms with Crippen LogP contribution in [0.3, 0.4) is 0 Å².